The summed E-state index contributed by atoms with van der Waals surface area (Å²) >= 11 is 6.11. The van der Waals surface area contributed by atoms with Crippen LogP contribution < -0.4 is 9.80 Å². The van der Waals surface area contributed by atoms with E-state index in [2.05, 4.69) is 4.90 Å². The number of rotatable bonds is 7. The second-order valence-electron chi connectivity index (χ2n) is 9.97. The van der Waals surface area contributed by atoms with E-state index in [-0.39, 0.29) is 34.7 Å². The molecule has 0 aliphatic carbocycles. The van der Waals surface area contributed by atoms with Gasteiger partial charge in [-0.05, 0) is 55.8 Å². The molecule has 1 aromatic heterocycles. The summed E-state index contributed by atoms with van der Waals surface area (Å²) in [5.74, 6) is -2.24. The average molecular weight is 595 g/mol. The Morgan fingerprint density at radius 1 is 0.952 bits per heavy atom. The molecule has 11 heteroatoms. The highest BCUT2D eigenvalue weighted by Gasteiger charge is 2.32. The number of non-ortho nitro benzene ring substituents is 1. The molecule has 0 amide bonds. The van der Waals surface area contributed by atoms with Crippen LogP contribution in [0.15, 0.2) is 60.7 Å². The Morgan fingerprint density at radius 2 is 1.57 bits per heavy atom. The first-order valence-electron chi connectivity index (χ1n) is 13.5. The summed E-state index contributed by atoms with van der Waals surface area (Å²) in [5.41, 5.74) is 2.58. The number of carbonyl (C=O) groups is 1. The molecule has 1 aliphatic rings. The Hall–Kier alpha value is -4.44. The van der Waals surface area contributed by atoms with Gasteiger partial charge in [0, 0.05) is 67.3 Å². The summed E-state index contributed by atoms with van der Waals surface area (Å²) in [6, 6.07) is 15.8. The third-order valence-electron chi connectivity index (χ3n) is 7.65. The quantitative estimate of drug-likeness (QED) is 0.130. The number of piperazine rings is 1. The molecule has 0 bridgehead atoms. The lowest BCUT2D eigenvalue weighted by molar-refractivity contribution is -0.384. The number of nitro groups is 1. The fourth-order valence-corrected chi connectivity index (χ4v) is 5.58. The van der Waals surface area contributed by atoms with Crippen LogP contribution in [0.25, 0.3) is 22.4 Å². The van der Waals surface area contributed by atoms with Crippen molar-refractivity contribution in [3.8, 4) is 22.4 Å². The molecule has 5 rings (SSSR count). The van der Waals surface area contributed by atoms with E-state index in [1.165, 1.54) is 24.3 Å². The summed E-state index contributed by atoms with van der Waals surface area (Å²) in [6.07, 6.45) is 0. The molecule has 218 valence electrons. The smallest absolute Gasteiger partial charge is 0.340 e. The first-order chi connectivity index (χ1) is 20.1. The summed E-state index contributed by atoms with van der Waals surface area (Å²) in [4.78, 5) is 27.6. The van der Waals surface area contributed by atoms with E-state index in [1.807, 2.05) is 4.90 Å². The van der Waals surface area contributed by atoms with Gasteiger partial charge in [-0.1, -0.05) is 23.7 Å². The number of hydrogen-bond acceptors (Lipinski definition) is 6. The summed E-state index contributed by atoms with van der Waals surface area (Å²) in [5, 5.41) is 11.5. The topological polar surface area (TPSA) is 80.8 Å². The minimum Gasteiger partial charge on any atom is -0.462 e. The van der Waals surface area contributed by atoms with Gasteiger partial charge in [0.2, 0.25) is 0 Å². The van der Waals surface area contributed by atoms with Gasteiger partial charge in [-0.25, -0.2) is 13.6 Å². The maximum absolute atomic E-state index is 16.5. The highest BCUT2D eigenvalue weighted by atomic mass is 35.5. The van der Waals surface area contributed by atoms with Crippen molar-refractivity contribution in [2.45, 2.75) is 13.8 Å². The summed E-state index contributed by atoms with van der Waals surface area (Å²) in [6.45, 7) is 5.41. The molecule has 0 saturated carbocycles. The number of hydrogen-bond donors (Lipinski definition) is 0. The molecule has 8 nitrogen and oxygen atoms in total. The van der Waals surface area contributed by atoms with Crippen molar-refractivity contribution >= 4 is 34.6 Å². The molecule has 2 heterocycles. The van der Waals surface area contributed by atoms with Crippen LogP contribution in [0.5, 0.6) is 0 Å². The number of halogens is 3. The van der Waals surface area contributed by atoms with Gasteiger partial charge in [0.25, 0.3) is 5.69 Å². The minimum absolute atomic E-state index is 0.00889. The van der Waals surface area contributed by atoms with Crippen LogP contribution in [0.2, 0.25) is 5.02 Å². The fraction of sp³-hybridized carbons (Fsp3) is 0.258. The Bertz CT molecular complexity index is 1650. The Labute approximate surface area is 246 Å². The molecular weight excluding hydrogens is 566 g/mol. The third-order valence-corrected chi connectivity index (χ3v) is 7.90. The maximum Gasteiger partial charge on any atom is 0.340 e. The van der Waals surface area contributed by atoms with Gasteiger partial charge < -0.3 is 19.1 Å². The minimum atomic E-state index is -0.799. The molecular formula is C31H29ClF2N4O4. The second kappa shape index (κ2) is 11.8. The van der Waals surface area contributed by atoms with Crippen molar-refractivity contribution in [2.24, 2.45) is 7.05 Å². The number of aromatic nitrogens is 1. The van der Waals surface area contributed by atoms with Crippen LogP contribution in [0.3, 0.4) is 0 Å². The van der Waals surface area contributed by atoms with E-state index in [9.17, 15) is 14.9 Å². The van der Waals surface area contributed by atoms with Crippen molar-refractivity contribution in [3.63, 3.8) is 0 Å². The van der Waals surface area contributed by atoms with Gasteiger partial charge >= 0.3 is 5.97 Å². The summed E-state index contributed by atoms with van der Waals surface area (Å²) in [7, 11) is 1.74. The largest absolute Gasteiger partial charge is 0.462 e. The first kappa shape index (κ1) is 29.1. The van der Waals surface area contributed by atoms with E-state index in [0.717, 1.165) is 5.69 Å². The van der Waals surface area contributed by atoms with E-state index in [4.69, 9.17) is 16.3 Å². The van der Waals surface area contributed by atoms with Gasteiger partial charge in [0.05, 0.1) is 34.0 Å². The van der Waals surface area contributed by atoms with E-state index in [1.54, 1.807) is 61.9 Å². The number of benzene rings is 3. The maximum atomic E-state index is 16.5. The number of carbonyl (C=O) groups excluding carboxylic acids is 1. The molecule has 42 heavy (non-hydrogen) atoms. The Balaban J connectivity index is 1.55. The van der Waals surface area contributed by atoms with Gasteiger partial charge in [0.15, 0.2) is 5.82 Å². The van der Waals surface area contributed by atoms with Crippen molar-refractivity contribution in [1.29, 1.82) is 0 Å². The lowest BCUT2D eigenvalue weighted by Gasteiger charge is -2.37. The van der Waals surface area contributed by atoms with E-state index < -0.39 is 22.5 Å². The number of ether oxygens (including phenoxy) is 1. The second-order valence-corrected chi connectivity index (χ2v) is 10.4. The zero-order chi connectivity index (χ0) is 30.1. The standard InChI is InChI=1S/C31H29ClF2N4O4/c1-4-42-31(39)26-19(2)35(3)30(20-5-7-21(32)8-6-20)28(26)27-24(33)13-14-25(29(27)34)37-17-15-36(16-18-37)22-9-11-23(12-10-22)38(40)41/h5-14H,4,15-18H2,1-3H3. The number of nitro benzene ring substituents is 1. The van der Waals surface area contributed by atoms with Crippen LogP contribution in [0.4, 0.5) is 25.8 Å². The zero-order valence-electron chi connectivity index (χ0n) is 23.4. The lowest BCUT2D eigenvalue weighted by Crippen LogP contribution is -2.46. The highest BCUT2D eigenvalue weighted by Crippen LogP contribution is 2.43. The molecule has 0 radical (unpaired) electrons. The predicted octanol–water partition coefficient (Wildman–Crippen LogP) is 7.01. The van der Waals surface area contributed by atoms with Crippen LogP contribution in [-0.4, -0.2) is 48.2 Å². The Kier molecular flexibility index (Phi) is 8.17. The normalized spacial score (nSPS) is 13.4. The molecule has 0 N–H and O–H groups in total. The fourth-order valence-electron chi connectivity index (χ4n) is 5.45. The van der Waals surface area contributed by atoms with Gasteiger partial charge in [-0.15, -0.1) is 0 Å². The Morgan fingerprint density at radius 3 is 2.17 bits per heavy atom. The van der Waals surface area contributed by atoms with Crippen LogP contribution >= 0.6 is 11.6 Å². The van der Waals surface area contributed by atoms with E-state index >= 15 is 8.78 Å². The van der Waals surface area contributed by atoms with E-state index in [0.29, 0.717) is 48.2 Å². The number of esters is 1. The lowest BCUT2D eigenvalue weighted by atomic mass is 9.95. The molecule has 1 fully saturated rings. The molecule has 4 aromatic rings. The predicted molar refractivity (Wildman–Crippen MR) is 159 cm³/mol. The SMILES string of the molecule is CCOC(=O)c1c(-c2c(F)ccc(N3CCN(c4ccc([N+](=O)[O-])cc4)CC3)c2F)c(-c2ccc(Cl)cc2)n(C)c1C. The molecule has 3 aromatic carbocycles. The van der Waals surface area contributed by atoms with Crippen molar-refractivity contribution in [1.82, 2.24) is 4.57 Å². The zero-order valence-corrected chi connectivity index (χ0v) is 24.1. The van der Waals surface area contributed by atoms with Crippen LogP contribution in [-0.2, 0) is 11.8 Å². The average Bonchev–Trinajstić information content (AvgIpc) is 3.23. The molecule has 1 saturated heterocycles. The molecule has 0 unspecified atom stereocenters. The molecule has 1 aliphatic heterocycles. The van der Waals surface area contributed by atoms with Crippen LogP contribution in [0, 0.1) is 28.7 Å². The van der Waals surface area contributed by atoms with Crippen molar-refractivity contribution in [3.05, 3.63) is 98.7 Å². The molecule has 0 spiro atoms. The van der Waals surface area contributed by atoms with Gasteiger partial charge in [-0.3, -0.25) is 10.1 Å². The van der Waals surface area contributed by atoms with Crippen molar-refractivity contribution < 1.29 is 23.2 Å². The van der Waals surface area contributed by atoms with Gasteiger partial charge in [-0.2, -0.15) is 0 Å². The summed E-state index contributed by atoms with van der Waals surface area (Å²) < 4.78 is 39.3. The monoisotopic (exact) mass is 594 g/mol. The third kappa shape index (κ3) is 5.30. The highest BCUT2D eigenvalue weighted by molar-refractivity contribution is 6.30. The van der Waals surface area contributed by atoms with Crippen LogP contribution in [0.1, 0.15) is 23.0 Å². The first-order valence-corrected chi connectivity index (χ1v) is 13.8. The number of nitrogens with zero attached hydrogens (tertiary/aromatic N) is 4. The number of anilines is 2. The molecule has 0 atom stereocenters. The van der Waals surface area contributed by atoms with Gasteiger partial charge in [0.1, 0.15) is 5.82 Å². The van der Waals surface area contributed by atoms with Crippen molar-refractivity contribution in [2.75, 3.05) is 42.6 Å².